The SMILES string of the molecule is CC(C)C(=O)CCCNC(=O)CN(C)CC(=O)NCCCC(=O)C(C)C. The molecule has 26 heavy (non-hydrogen) atoms. The van der Waals surface area contributed by atoms with Crippen molar-refractivity contribution < 1.29 is 19.2 Å². The van der Waals surface area contributed by atoms with E-state index in [-0.39, 0.29) is 48.3 Å². The molecule has 0 saturated heterocycles. The average molecular weight is 370 g/mol. The molecule has 2 amide bonds. The van der Waals surface area contributed by atoms with E-state index < -0.39 is 0 Å². The molecule has 7 nitrogen and oxygen atoms in total. The number of nitrogens with zero attached hydrogens (tertiary/aromatic N) is 1. The lowest BCUT2D eigenvalue weighted by molar-refractivity contribution is -0.126. The Kier molecular flexibility index (Phi) is 12.5. The van der Waals surface area contributed by atoms with Gasteiger partial charge in [-0.05, 0) is 19.9 Å². The van der Waals surface area contributed by atoms with Crippen LogP contribution in [0.4, 0.5) is 0 Å². The van der Waals surface area contributed by atoms with E-state index in [1.807, 2.05) is 27.7 Å². The van der Waals surface area contributed by atoms with Crippen LogP contribution < -0.4 is 10.6 Å². The van der Waals surface area contributed by atoms with Gasteiger partial charge in [-0.1, -0.05) is 27.7 Å². The molecule has 0 atom stereocenters. The molecule has 0 aromatic heterocycles. The molecule has 0 heterocycles. The van der Waals surface area contributed by atoms with Crippen LogP contribution in [0.3, 0.4) is 0 Å². The largest absolute Gasteiger partial charge is 0.355 e. The number of hydrogen-bond donors (Lipinski definition) is 2. The van der Waals surface area contributed by atoms with E-state index in [0.717, 1.165) is 0 Å². The van der Waals surface area contributed by atoms with Gasteiger partial charge in [-0.25, -0.2) is 0 Å². The van der Waals surface area contributed by atoms with Gasteiger partial charge in [0.1, 0.15) is 11.6 Å². The maximum atomic E-state index is 11.8. The molecular formula is C19H35N3O4. The Balaban J connectivity index is 3.80. The van der Waals surface area contributed by atoms with Gasteiger partial charge in [0.25, 0.3) is 0 Å². The molecule has 0 radical (unpaired) electrons. The van der Waals surface area contributed by atoms with Crippen molar-refractivity contribution in [1.82, 2.24) is 15.5 Å². The normalized spacial score (nSPS) is 11.1. The fraction of sp³-hybridized carbons (Fsp3) is 0.789. The third-order valence-corrected chi connectivity index (χ3v) is 3.96. The number of Topliss-reactive ketones (excluding diaryl/α,β-unsaturated/α-hetero) is 2. The molecule has 0 fully saturated rings. The summed E-state index contributed by atoms with van der Waals surface area (Å²) >= 11 is 0. The minimum atomic E-state index is -0.167. The third kappa shape index (κ3) is 12.6. The number of ketones is 2. The highest BCUT2D eigenvalue weighted by atomic mass is 16.2. The van der Waals surface area contributed by atoms with Crippen molar-refractivity contribution in [1.29, 1.82) is 0 Å². The average Bonchev–Trinajstić information content (AvgIpc) is 2.54. The number of nitrogens with one attached hydrogen (secondary N) is 2. The summed E-state index contributed by atoms with van der Waals surface area (Å²) in [6.07, 6.45) is 2.19. The zero-order valence-electron chi connectivity index (χ0n) is 16.9. The van der Waals surface area contributed by atoms with Gasteiger partial charge in [-0.2, -0.15) is 0 Å². The van der Waals surface area contributed by atoms with Crippen molar-refractivity contribution >= 4 is 23.4 Å². The van der Waals surface area contributed by atoms with Crippen LogP contribution >= 0.6 is 0 Å². The van der Waals surface area contributed by atoms with Crippen LogP contribution in [-0.4, -0.2) is 61.5 Å². The van der Waals surface area contributed by atoms with E-state index in [4.69, 9.17) is 0 Å². The number of hydrogen-bond acceptors (Lipinski definition) is 5. The molecule has 0 aliphatic carbocycles. The van der Waals surface area contributed by atoms with Gasteiger partial charge in [0.2, 0.25) is 11.8 Å². The van der Waals surface area contributed by atoms with Crippen LogP contribution in [0.2, 0.25) is 0 Å². The standard InChI is InChI=1S/C19H35N3O4/c1-14(2)16(23)8-6-10-20-18(25)12-22(5)13-19(26)21-11-7-9-17(24)15(3)4/h14-15H,6-13H2,1-5H3,(H,20,25)(H,21,26). The van der Waals surface area contributed by atoms with Crippen molar-refractivity contribution in [3.05, 3.63) is 0 Å². The summed E-state index contributed by atoms with van der Waals surface area (Å²) in [5.74, 6) is 0.114. The van der Waals surface area contributed by atoms with Crippen LogP contribution in [0, 0.1) is 11.8 Å². The number of carbonyl (C=O) groups is 4. The number of rotatable bonds is 14. The molecule has 0 unspecified atom stereocenters. The van der Waals surface area contributed by atoms with Crippen molar-refractivity contribution in [3.63, 3.8) is 0 Å². The maximum absolute atomic E-state index is 11.8. The molecule has 0 spiro atoms. The highest BCUT2D eigenvalue weighted by molar-refractivity contribution is 5.82. The lowest BCUT2D eigenvalue weighted by Gasteiger charge is -2.16. The molecule has 0 rings (SSSR count). The summed E-state index contributed by atoms with van der Waals surface area (Å²) in [5.41, 5.74) is 0. The maximum Gasteiger partial charge on any atom is 0.234 e. The molecule has 0 saturated carbocycles. The van der Waals surface area contributed by atoms with E-state index >= 15 is 0 Å². The van der Waals surface area contributed by atoms with E-state index in [1.165, 1.54) is 0 Å². The lowest BCUT2D eigenvalue weighted by Crippen LogP contribution is -2.41. The van der Waals surface area contributed by atoms with Gasteiger partial charge >= 0.3 is 0 Å². The van der Waals surface area contributed by atoms with Gasteiger partial charge in [0.05, 0.1) is 13.1 Å². The third-order valence-electron chi connectivity index (χ3n) is 3.96. The topological polar surface area (TPSA) is 95.6 Å². The lowest BCUT2D eigenvalue weighted by atomic mass is 10.0. The van der Waals surface area contributed by atoms with Crippen molar-refractivity contribution in [2.24, 2.45) is 11.8 Å². The first-order chi connectivity index (χ1) is 12.1. The second-order valence-electron chi connectivity index (χ2n) is 7.32. The Labute approximate surface area is 157 Å². The van der Waals surface area contributed by atoms with Crippen LogP contribution in [0.15, 0.2) is 0 Å². The van der Waals surface area contributed by atoms with Gasteiger partial charge in [0, 0.05) is 37.8 Å². The highest BCUT2D eigenvalue weighted by Gasteiger charge is 2.12. The Morgan fingerprint density at radius 2 is 1.08 bits per heavy atom. The minimum Gasteiger partial charge on any atom is -0.355 e. The Morgan fingerprint density at radius 1 is 0.731 bits per heavy atom. The van der Waals surface area contributed by atoms with Gasteiger partial charge in [-0.15, -0.1) is 0 Å². The van der Waals surface area contributed by atoms with E-state index in [0.29, 0.717) is 38.8 Å². The smallest absolute Gasteiger partial charge is 0.234 e. The van der Waals surface area contributed by atoms with Crippen molar-refractivity contribution in [2.45, 2.75) is 53.4 Å². The van der Waals surface area contributed by atoms with Gasteiger partial charge in [0.15, 0.2) is 0 Å². The Morgan fingerprint density at radius 3 is 1.38 bits per heavy atom. The molecule has 2 N–H and O–H groups in total. The number of amides is 2. The molecule has 0 aliphatic rings. The summed E-state index contributed by atoms with van der Waals surface area (Å²) < 4.78 is 0. The fourth-order valence-corrected chi connectivity index (χ4v) is 2.22. The van der Waals surface area contributed by atoms with Crippen LogP contribution in [0.5, 0.6) is 0 Å². The predicted octanol–water partition coefficient (Wildman–Crippen LogP) is 1.16. The molecule has 150 valence electrons. The zero-order chi connectivity index (χ0) is 20.1. The number of carbonyl (C=O) groups excluding carboxylic acids is 4. The number of likely N-dealkylation sites (N-methyl/N-ethyl adjacent to an activating group) is 1. The van der Waals surface area contributed by atoms with E-state index in [9.17, 15) is 19.2 Å². The molecule has 0 aromatic carbocycles. The first kappa shape index (κ1) is 24.2. The highest BCUT2D eigenvalue weighted by Crippen LogP contribution is 2.01. The van der Waals surface area contributed by atoms with E-state index in [2.05, 4.69) is 10.6 Å². The summed E-state index contributed by atoms with van der Waals surface area (Å²) in [6.45, 7) is 8.62. The second-order valence-corrected chi connectivity index (χ2v) is 7.32. The van der Waals surface area contributed by atoms with Crippen molar-refractivity contribution in [3.8, 4) is 0 Å². The minimum absolute atomic E-state index is 0.0267. The summed E-state index contributed by atoms with van der Waals surface area (Å²) in [6, 6.07) is 0. The molecule has 0 aliphatic heterocycles. The quantitative estimate of drug-likeness (QED) is 0.448. The Hall–Kier alpha value is -1.76. The second kappa shape index (κ2) is 13.4. The molecule has 0 aromatic rings. The molecular weight excluding hydrogens is 334 g/mol. The van der Waals surface area contributed by atoms with E-state index in [1.54, 1.807) is 11.9 Å². The molecule has 0 bridgehead atoms. The first-order valence-electron chi connectivity index (χ1n) is 9.40. The van der Waals surface area contributed by atoms with Crippen LogP contribution in [0.1, 0.15) is 53.4 Å². The van der Waals surface area contributed by atoms with Gasteiger partial charge < -0.3 is 10.6 Å². The monoisotopic (exact) mass is 369 g/mol. The zero-order valence-corrected chi connectivity index (χ0v) is 16.9. The first-order valence-corrected chi connectivity index (χ1v) is 9.40. The predicted molar refractivity (Wildman–Crippen MR) is 102 cm³/mol. The van der Waals surface area contributed by atoms with Gasteiger partial charge in [-0.3, -0.25) is 24.1 Å². The summed E-state index contributed by atoms with van der Waals surface area (Å²) in [5, 5.41) is 5.51. The molecule has 7 heteroatoms. The Bertz CT molecular complexity index is 433. The fourth-order valence-electron chi connectivity index (χ4n) is 2.22. The van der Waals surface area contributed by atoms with Crippen LogP contribution in [0.25, 0.3) is 0 Å². The van der Waals surface area contributed by atoms with Crippen LogP contribution in [-0.2, 0) is 19.2 Å². The summed E-state index contributed by atoms with van der Waals surface area (Å²) in [4.78, 5) is 48.2. The van der Waals surface area contributed by atoms with Crippen molar-refractivity contribution in [2.75, 3.05) is 33.2 Å². The summed E-state index contributed by atoms with van der Waals surface area (Å²) in [7, 11) is 1.70.